The number of benzene rings is 1. The third kappa shape index (κ3) is 4.29. The Balaban J connectivity index is 2.03. The maximum Gasteiger partial charge on any atom is 0.0500 e. The molecule has 0 unspecified atom stereocenters. The van der Waals surface area contributed by atoms with Crippen LogP contribution in [0.2, 0.25) is 0 Å². The summed E-state index contributed by atoms with van der Waals surface area (Å²) in [5, 5.41) is 9.87. The lowest BCUT2D eigenvalue weighted by atomic mass is 9.78. The summed E-state index contributed by atoms with van der Waals surface area (Å²) in [5.41, 5.74) is 2.89. The van der Waals surface area contributed by atoms with E-state index in [0.717, 1.165) is 45.5 Å². The van der Waals surface area contributed by atoms with Crippen LogP contribution in [0.3, 0.4) is 0 Å². The summed E-state index contributed by atoms with van der Waals surface area (Å²) < 4.78 is 5.23. The largest absolute Gasteiger partial charge is 0.396 e. The number of methoxy groups -OCH3 is 1. The van der Waals surface area contributed by atoms with Crippen molar-refractivity contribution in [1.29, 1.82) is 0 Å². The van der Waals surface area contributed by atoms with Gasteiger partial charge in [-0.2, -0.15) is 0 Å². The third-order valence-corrected chi connectivity index (χ3v) is 4.81. The zero-order chi connectivity index (χ0) is 15.1. The molecular weight excluding hydrogens is 262 g/mol. The van der Waals surface area contributed by atoms with Crippen LogP contribution in [-0.2, 0) is 17.7 Å². The minimum Gasteiger partial charge on any atom is -0.396 e. The van der Waals surface area contributed by atoms with E-state index in [1.165, 1.54) is 17.5 Å². The quantitative estimate of drug-likeness (QED) is 0.838. The lowest BCUT2D eigenvalue weighted by molar-refractivity contribution is 0.00469. The fourth-order valence-corrected chi connectivity index (χ4v) is 3.47. The highest BCUT2D eigenvalue weighted by atomic mass is 16.5. The Morgan fingerprint density at radius 1 is 1.29 bits per heavy atom. The minimum absolute atomic E-state index is 0.0232. The summed E-state index contributed by atoms with van der Waals surface area (Å²) in [6.07, 6.45) is 4.31. The standard InChI is InChI=1S/C18H29NO2/c1-3-16-7-4-5-8-17(16)13-19-11-6-9-18(14-19,15-20)10-12-21-2/h4-5,7-8,20H,3,6,9-15H2,1-2H3/t18-/m0/s1. The van der Waals surface area contributed by atoms with Gasteiger partial charge >= 0.3 is 0 Å². The molecule has 1 aromatic rings. The van der Waals surface area contributed by atoms with Crippen LogP contribution in [-0.4, -0.2) is 43.4 Å². The second-order valence-corrected chi connectivity index (χ2v) is 6.34. The molecule has 0 aliphatic carbocycles. The van der Waals surface area contributed by atoms with Gasteiger partial charge in [-0.05, 0) is 43.4 Å². The molecule has 0 amide bonds. The second kappa shape index (κ2) is 7.92. The first kappa shape index (κ1) is 16.5. The van der Waals surface area contributed by atoms with E-state index in [2.05, 4.69) is 36.1 Å². The summed E-state index contributed by atoms with van der Waals surface area (Å²) in [7, 11) is 1.74. The minimum atomic E-state index is 0.0232. The Morgan fingerprint density at radius 2 is 2.05 bits per heavy atom. The number of hydrogen-bond acceptors (Lipinski definition) is 3. The first-order valence-electron chi connectivity index (χ1n) is 8.12. The van der Waals surface area contributed by atoms with E-state index < -0.39 is 0 Å². The van der Waals surface area contributed by atoms with Crippen molar-refractivity contribution in [3.8, 4) is 0 Å². The summed E-state index contributed by atoms with van der Waals surface area (Å²) in [5.74, 6) is 0. The Bertz CT molecular complexity index is 435. The highest BCUT2D eigenvalue weighted by molar-refractivity contribution is 5.27. The van der Waals surface area contributed by atoms with Crippen molar-refractivity contribution >= 4 is 0 Å². The third-order valence-electron chi connectivity index (χ3n) is 4.81. The maximum atomic E-state index is 9.87. The number of ether oxygens (including phenoxy) is 1. The van der Waals surface area contributed by atoms with Crippen molar-refractivity contribution in [1.82, 2.24) is 4.90 Å². The SMILES string of the molecule is CCc1ccccc1CN1CCC[C@](CO)(CCOC)C1. The van der Waals surface area contributed by atoms with Crippen molar-refractivity contribution in [2.24, 2.45) is 5.41 Å². The van der Waals surface area contributed by atoms with E-state index in [-0.39, 0.29) is 12.0 Å². The molecule has 118 valence electrons. The van der Waals surface area contributed by atoms with Crippen LogP contribution in [0.25, 0.3) is 0 Å². The van der Waals surface area contributed by atoms with Gasteiger partial charge in [0.05, 0.1) is 6.61 Å². The number of likely N-dealkylation sites (tertiary alicyclic amines) is 1. The van der Waals surface area contributed by atoms with Gasteiger partial charge in [0, 0.05) is 32.2 Å². The number of aliphatic hydroxyl groups is 1. The zero-order valence-electron chi connectivity index (χ0n) is 13.5. The van der Waals surface area contributed by atoms with Gasteiger partial charge < -0.3 is 9.84 Å². The predicted molar refractivity (Wildman–Crippen MR) is 86.3 cm³/mol. The van der Waals surface area contributed by atoms with Crippen LogP contribution < -0.4 is 0 Å². The smallest absolute Gasteiger partial charge is 0.0500 e. The summed E-state index contributed by atoms with van der Waals surface area (Å²) in [4.78, 5) is 2.50. The molecule has 0 saturated carbocycles. The summed E-state index contributed by atoms with van der Waals surface area (Å²) >= 11 is 0. The highest BCUT2D eigenvalue weighted by Gasteiger charge is 2.34. The Kier molecular flexibility index (Phi) is 6.22. The van der Waals surface area contributed by atoms with Gasteiger partial charge in [-0.25, -0.2) is 0 Å². The van der Waals surface area contributed by atoms with Crippen LogP contribution in [0.15, 0.2) is 24.3 Å². The average molecular weight is 291 g/mol. The Labute approximate surface area is 128 Å². The van der Waals surface area contributed by atoms with Gasteiger partial charge in [0.1, 0.15) is 0 Å². The Hall–Kier alpha value is -0.900. The van der Waals surface area contributed by atoms with Gasteiger partial charge in [-0.1, -0.05) is 31.2 Å². The van der Waals surface area contributed by atoms with Gasteiger partial charge in [0.15, 0.2) is 0 Å². The lowest BCUT2D eigenvalue weighted by Crippen LogP contribution is -2.45. The molecule has 21 heavy (non-hydrogen) atoms. The van der Waals surface area contributed by atoms with E-state index in [4.69, 9.17) is 4.74 Å². The molecule has 0 spiro atoms. The van der Waals surface area contributed by atoms with E-state index >= 15 is 0 Å². The molecule has 1 aliphatic rings. The molecule has 3 nitrogen and oxygen atoms in total. The van der Waals surface area contributed by atoms with E-state index in [1.807, 2.05) is 0 Å². The van der Waals surface area contributed by atoms with Crippen molar-refractivity contribution in [2.75, 3.05) is 33.4 Å². The van der Waals surface area contributed by atoms with Gasteiger partial charge in [0.25, 0.3) is 0 Å². The molecule has 2 rings (SSSR count). The maximum absolute atomic E-state index is 9.87. The molecule has 0 radical (unpaired) electrons. The molecule has 1 heterocycles. The number of aliphatic hydroxyl groups excluding tert-OH is 1. The number of hydrogen-bond donors (Lipinski definition) is 1. The normalized spacial score (nSPS) is 23.4. The van der Waals surface area contributed by atoms with Crippen LogP contribution in [0.1, 0.15) is 37.3 Å². The first-order valence-corrected chi connectivity index (χ1v) is 8.12. The molecular formula is C18H29NO2. The van der Waals surface area contributed by atoms with Gasteiger partial charge in [0.2, 0.25) is 0 Å². The van der Waals surface area contributed by atoms with Crippen molar-refractivity contribution in [2.45, 2.75) is 39.2 Å². The molecule has 1 aromatic carbocycles. The predicted octanol–water partition coefficient (Wildman–Crippen LogP) is 2.86. The van der Waals surface area contributed by atoms with Crippen molar-refractivity contribution < 1.29 is 9.84 Å². The lowest BCUT2D eigenvalue weighted by Gasteiger charge is -2.42. The Morgan fingerprint density at radius 3 is 2.71 bits per heavy atom. The zero-order valence-corrected chi connectivity index (χ0v) is 13.5. The van der Waals surface area contributed by atoms with Gasteiger partial charge in [-0.15, -0.1) is 0 Å². The number of piperidine rings is 1. The second-order valence-electron chi connectivity index (χ2n) is 6.34. The average Bonchev–Trinajstić information content (AvgIpc) is 2.54. The molecule has 1 atom stereocenters. The molecule has 1 saturated heterocycles. The highest BCUT2D eigenvalue weighted by Crippen LogP contribution is 2.34. The first-order chi connectivity index (χ1) is 10.2. The number of nitrogens with zero attached hydrogens (tertiary/aromatic N) is 1. The van der Waals surface area contributed by atoms with Crippen molar-refractivity contribution in [3.05, 3.63) is 35.4 Å². The number of aryl methyl sites for hydroxylation is 1. The van der Waals surface area contributed by atoms with E-state index in [1.54, 1.807) is 7.11 Å². The van der Waals surface area contributed by atoms with Crippen molar-refractivity contribution in [3.63, 3.8) is 0 Å². The molecule has 1 fully saturated rings. The fraction of sp³-hybridized carbons (Fsp3) is 0.667. The van der Waals surface area contributed by atoms with Crippen LogP contribution in [0.5, 0.6) is 0 Å². The summed E-state index contributed by atoms with van der Waals surface area (Å²) in [6, 6.07) is 8.71. The molecule has 0 aromatic heterocycles. The van der Waals surface area contributed by atoms with Crippen LogP contribution in [0.4, 0.5) is 0 Å². The van der Waals surface area contributed by atoms with Crippen LogP contribution in [0, 0.1) is 5.41 Å². The molecule has 1 N–H and O–H groups in total. The molecule has 3 heteroatoms. The fourth-order valence-electron chi connectivity index (χ4n) is 3.47. The monoisotopic (exact) mass is 291 g/mol. The van der Waals surface area contributed by atoms with E-state index in [9.17, 15) is 5.11 Å². The molecule has 0 bridgehead atoms. The van der Waals surface area contributed by atoms with Gasteiger partial charge in [-0.3, -0.25) is 4.90 Å². The van der Waals surface area contributed by atoms with Crippen LogP contribution >= 0.6 is 0 Å². The molecule has 1 aliphatic heterocycles. The topological polar surface area (TPSA) is 32.7 Å². The summed E-state index contributed by atoms with van der Waals surface area (Å²) in [6.45, 7) is 6.32. The number of rotatable bonds is 7. The van der Waals surface area contributed by atoms with E-state index in [0.29, 0.717) is 0 Å².